The number of nitrogens with two attached hydrogens (primary N) is 1. The number of amides is 1. The molecular weight excluding hydrogens is 266 g/mol. The first-order valence-electron chi connectivity index (χ1n) is 7.45. The molecule has 1 saturated heterocycles. The van der Waals surface area contributed by atoms with Crippen molar-refractivity contribution in [3.05, 3.63) is 29.2 Å². The van der Waals surface area contributed by atoms with Crippen molar-refractivity contribution in [1.82, 2.24) is 19.5 Å². The van der Waals surface area contributed by atoms with Crippen molar-refractivity contribution >= 4 is 11.6 Å². The zero-order chi connectivity index (χ0) is 15.0. The van der Waals surface area contributed by atoms with Crippen LogP contribution < -0.4 is 5.73 Å². The first kappa shape index (κ1) is 14.0. The van der Waals surface area contributed by atoms with Gasteiger partial charge in [0.05, 0.1) is 6.20 Å². The lowest BCUT2D eigenvalue weighted by atomic mass is 10.0. The van der Waals surface area contributed by atoms with Crippen LogP contribution in [0.15, 0.2) is 12.3 Å². The third-order valence-corrected chi connectivity index (χ3v) is 4.17. The van der Waals surface area contributed by atoms with Gasteiger partial charge in [0.15, 0.2) is 5.65 Å². The third kappa shape index (κ3) is 2.40. The third-order valence-electron chi connectivity index (χ3n) is 4.17. The van der Waals surface area contributed by atoms with E-state index in [9.17, 15) is 4.79 Å². The smallest absolute Gasteiger partial charge is 0.259 e. The van der Waals surface area contributed by atoms with Crippen molar-refractivity contribution in [2.75, 3.05) is 13.1 Å². The topological polar surface area (TPSA) is 76.5 Å². The van der Waals surface area contributed by atoms with Gasteiger partial charge in [-0.1, -0.05) is 0 Å². The van der Waals surface area contributed by atoms with Crippen LogP contribution in [0.25, 0.3) is 5.65 Å². The quantitative estimate of drug-likeness (QED) is 0.903. The van der Waals surface area contributed by atoms with E-state index in [0.717, 1.165) is 37.2 Å². The molecule has 6 heteroatoms. The number of aryl methyl sites for hydroxylation is 2. The van der Waals surface area contributed by atoms with Gasteiger partial charge in [-0.05, 0) is 39.2 Å². The van der Waals surface area contributed by atoms with Crippen LogP contribution in [-0.2, 0) is 0 Å². The Hall–Kier alpha value is -1.95. The van der Waals surface area contributed by atoms with Gasteiger partial charge < -0.3 is 10.6 Å². The minimum absolute atomic E-state index is 0.00218. The second kappa shape index (κ2) is 5.44. The molecular formula is C15H21N5O. The maximum atomic E-state index is 12.8. The largest absolute Gasteiger partial charge is 0.334 e. The fourth-order valence-corrected chi connectivity index (χ4v) is 3.09. The summed E-state index contributed by atoms with van der Waals surface area (Å²) in [5.74, 6) is -0.00218. The fraction of sp³-hybridized carbons (Fsp3) is 0.533. The summed E-state index contributed by atoms with van der Waals surface area (Å²) < 4.78 is 1.72. The highest BCUT2D eigenvalue weighted by molar-refractivity contribution is 5.99. The summed E-state index contributed by atoms with van der Waals surface area (Å²) in [4.78, 5) is 19.2. The van der Waals surface area contributed by atoms with E-state index < -0.39 is 0 Å². The molecule has 0 radical (unpaired) electrons. The van der Waals surface area contributed by atoms with E-state index in [0.29, 0.717) is 17.8 Å². The van der Waals surface area contributed by atoms with Gasteiger partial charge in [-0.25, -0.2) is 9.50 Å². The number of piperidine rings is 1. The van der Waals surface area contributed by atoms with Crippen LogP contribution in [0.4, 0.5) is 0 Å². The molecule has 0 bridgehead atoms. The van der Waals surface area contributed by atoms with Crippen LogP contribution in [0, 0.1) is 13.8 Å². The zero-order valence-corrected chi connectivity index (χ0v) is 12.5. The predicted molar refractivity (Wildman–Crippen MR) is 80.2 cm³/mol. The lowest BCUT2D eigenvalue weighted by molar-refractivity contribution is 0.0625. The molecule has 2 N–H and O–H groups in total. The van der Waals surface area contributed by atoms with Gasteiger partial charge in [-0.3, -0.25) is 4.79 Å². The number of hydrogen-bond acceptors (Lipinski definition) is 4. The number of likely N-dealkylation sites (tertiary alicyclic amines) is 1. The van der Waals surface area contributed by atoms with Crippen LogP contribution in [0.3, 0.4) is 0 Å². The standard InChI is InChI=1S/C15H21N5O/c1-10-7-11(2)20-14(18-10)13(9-17-20)15(21)19-6-4-3-5-12(19)8-16/h7,9,12H,3-6,8,16H2,1-2H3. The van der Waals surface area contributed by atoms with Crippen molar-refractivity contribution in [1.29, 1.82) is 0 Å². The minimum Gasteiger partial charge on any atom is -0.334 e. The Labute approximate surface area is 123 Å². The van der Waals surface area contributed by atoms with Crippen LogP contribution >= 0.6 is 0 Å². The molecule has 0 saturated carbocycles. The second-order valence-electron chi connectivity index (χ2n) is 5.72. The van der Waals surface area contributed by atoms with Crippen molar-refractivity contribution in [3.63, 3.8) is 0 Å². The summed E-state index contributed by atoms with van der Waals surface area (Å²) in [7, 11) is 0. The summed E-state index contributed by atoms with van der Waals surface area (Å²) in [5.41, 5.74) is 8.89. The Bertz CT molecular complexity index is 678. The molecule has 1 aliphatic rings. The number of carbonyl (C=O) groups is 1. The van der Waals surface area contributed by atoms with E-state index in [4.69, 9.17) is 5.73 Å². The number of hydrogen-bond donors (Lipinski definition) is 1. The summed E-state index contributed by atoms with van der Waals surface area (Å²) in [5, 5.41) is 4.30. The van der Waals surface area contributed by atoms with Crippen molar-refractivity contribution in [3.8, 4) is 0 Å². The summed E-state index contributed by atoms with van der Waals surface area (Å²) in [6.07, 6.45) is 4.77. The fourth-order valence-electron chi connectivity index (χ4n) is 3.09. The van der Waals surface area contributed by atoms with Gasteiger partial charge in [0.2, 0.25) is 0 Å². The Kier molecular flexibility index (Phi) is 3.63. The molecule has 112 valence electrons. The molecule has 1 atom stereocenters. The molecule has 3 heterocycles. The van der Waals surface area contributed by atoms with Gasteiger partial charge in [0, 0.05) is 30.5 Å². The molecule has 1 amide bonds. The molecule has 0 spiro atoms. The molecule has 1 unspecified atom stereocenters. The Morgan fingerprint density at radius 2 is 2.24 bits per heavy atom. The van der Waals surface area contributed by atoms with E-state index in [-0.39, 0.29) is 11.9 Å². The minimum atomic E-state index is -0.00218. The monoisotopic (exact) mass is 287 g/mol. The number of fused-ring (bicyclic) bond motifs is 1. The zero-order valence-electron chi connectivity index (χ0n) is 12.5. The lowest BCUT2D eigenvalue weighted by Gasteiger charge is -2.34. The Morgan fingerprint density at radius 1 is 1.43 bits per heavy atom. The number of carbonyl (C=O) groups excluding carboxylic acids is 1. The molecule has 0 aliphatic carbocycles. The van der Waals surface area contributed by atoms with Gasteiger partial charge in [0.1, 0.15) is 5.56 Å². The van der Waals surface area contributed by atoms with Gasteiger partial charge in [-0.2, -0.15) is 5.10 Å². The lowest BCUT2D eigenvalue weighted by Crippen LogP contribution is -2.47. The molecule has 0 aromatic carbocycles. The highest BCUT2D eigenvalue weighted by Crippen LogP contribution is 2.21. The first-order chi connectivity index (χ1) is 10.1. The molecule has 2 aromatic heterocycles. The van der Waals surface area contributed by atoms with E-state index >= 15 is 0 Å². The van der Waals surface area contributed by atoms with Gasteiger partial charge >= 0.3 is 0 Å². The van der Waals surface area contributed by atoms with Crippen LogP contribution in [0.1, 0.15) is 41.0 Å². The molecule has 6 nitrogen and oxygen atoms in total. The normalized spacial score (nSPS) is 19.2. The van der Waals surface area contributed by atoms with Gasteiger partial charge in [-0.15, -0.1) is 0 Å². The maximum absolute atomic E-state index is 12.8. The van der Waals surface area contributed by atoms with Crippen LogP contribution in [0.2, 0.25) is 0 Å². The molecule has 1 fully saturated rings. The van der Waals surface area contributed by atoms with Gasteiger partial charge in [0.25, 0.3) is 5.91 Å². The number of rotatable bonds is 2. The molecule has 1 aliphatic heterocycles. The summed E-state index contributed by atoms with van der Waals surface area (Å²) >= 11 is 0. The predicted octanol–water partition coefficient (Wildman–Crippen LogP) is 1.30. The average molecular weight is 287 g/mol. The van der Waals surface area contributed by atoms with E-state index in [1.807, 2.05) is 24.8 Å². The Balaban J connectivity index is 2.01. The van der Waals surface area contributed by atoms with E-state index in [1.54, 1.807) is 10.7 Å². The number of nitrogens with zero attached hydrogens (tertiary/aromatic N) is 4. The molecule has 3 rings (SSSR count). The highest BCUT2D eigenvalue weighted by Gasteiger charge is 2.28. The van der Waals surface area contributed by atoms with E-state index in [2.05, 4.69) is 10.1 Å². The molecule has 2 aromatic rings. The van der Waals surface area contributed by atoms with Crippen LogP contribution in [-0.4, -0.2) is 44.5 Å². The first-order valence-corrected chi connectivity index (χ1v) is 7.45. The maximum Gasteiger partial charge on any atom is 0.259 e. The van der Waals surface area contributed by atoms with E-state index in [1.165, 1.54) is 0 Å². The Morgan fingerprint density at radius 3 is 3.00 bits per heavy atom. The van der Waals surface area contributed by atoms with Crippen molar-refractivity contribution < 1.29 is 4.79 Å². The van der Waals surface area contributed by atoms with Crippen molar-refractivity contribution in [2.24, 2.45) is 5.73 Å². The van der Waals surface area contributed by atoms with Crippen molar-refractivity contribution in [2.45, 2.75) is 39.2 Å². The van der Waals surface area contributed by atoms with Crippen LogP contribution in [0.5, 0.6) is 0 Å². The number of aromatic nitrogens is 3. The average Bonchev–Trinajstić information content (AvgIpc) is 2.90. The second-order valence-corrected chi connectivity index (χ2v) is 5.72. The molecule has 21 heavy (non-hydrogen) atoms. The SMILES string of the molecule is Cc1cc(C)n2ncc(C(=O)N3CCCCC3CN)c2n1. The summed E-state index contributed by atoms with van der Waals surface area (Å²) in [6.45, 7) is 5.17. The highest BCUT2D eigenvalue weighted by atomic mass is 16.2. The summed E-state index contributed by atoms with van der Waals surface area (Å²) in [6, 6.07) is 2.09.